The van der Waals surface area contributed by atoms with Gasteiger partial charge in [0.05, 0.1) is 13.1 Å². The summed E-state index contributed by atoms with van der Waals surface area (Å²) in [5.74, 6) is 0.257. The Balaban J connectivity index is 0.00000147. The van der Waals surface area contributed by atoms with Crippen molar-refractivity contribution in [2.45, 2.75) is 25.4 Å². The number of likely N-dealkylation sites (tertiary alicyclic amines) is 1. The quantitative estimate of drug-likeness (QED) is 0.902. The molecule has 0 radical (unpaired) electrons. The molecule has 1 N–H and O–H groups in total. The third-order valence-corrected chi connectivity index (χ3v) is 4.65. The van der Waals surface area contributed by atoms with Crippen LogP contribution < -0.4 is 5.32 Å². The van der Waals surface area contributed by atoms with Crippen molar-refractivity contribution in [3.63, 3.8) is 0 Å². The average molecular weight is 317 g/mol. The number of hydrogen-bond donors (Lipinski definition) is 1. The molecule has 2 saturated heterocycles. The molecule has 0 bridgehead atoms. The largest absolute Gasteiger partial charge is 0.336 e. The van der Waals surface area contributed by atoms with E-state index in [4.69, 9.17) is 0 Å². The molecular formula is C13H21ClN4OS. The van der Waals surface area contributed by atoms with E-state index in [1.54, 1.807) is 11.3 Å². The van der Waals surface area contributed by atoms with E-state index in [1.807, 2.05) is 11.6 Å². The molecule has 0 spiro atoms. The van der Waals surface area contributed by atoms with Gasteiger partial charge in [0.15, 0.2) is 0 Å². The average Bonchev–Trinajstić information content (AvgIpc) is 2.92. The summed E-state index contributed by atoms with van der Waals surface area (Å²) in [6, 6.07) is 0.392. The molecule has 2 aliphatic heterocycles. The number of nitrogens with one attached hydrogen (secondary N) is 1. The molecule has 2 aliphatic rings. The van der Waals surface area contributed by atoms with Gasteiger partial charge in [-0.3, -0.25) is 9.69 Å². The first kappa shape index (κ1) is 15.7. The highest BCUT2D eigenvalue weighted by Crippen LogP contribution is 2.19. The summed E-state index contributed by atoms with van der Waals surface area (Å²) < 4.78 is 0. The molecular weight excluding hydrogens is 296 g/mol. The molecule has 7 heteroatoms. The Hall–Kier alpha value is -0.690. The zero-order chi connectivity index (χ0) is 13.1. The SMILES string of the molecule is Cl.O=C1CNCCN1C1CCCN(Cc2nccs2)C1. The summed E-state index contributed by atoms with van der Waals surface area (Å²) >= 11 is 1.71. The van der Waals surface area contributed by atoms with Gasteiger partial charge < -0.3 is 10.2 Å². The molecule has 1 amide bonds. The number of rotatable bonds is 3. The van der Waals surface area contributed by atoms with Crippen molar-refractivity contribution < 1.29 is 4.79 Å². The second-order valence-corrected chi connectivity index (χ2v) is 6.20. The maximum absolute atomic E-state index is 12.0. The summed E-state index contributed by atoms with van der Waals surface area (Å²) in [4.78, 5) is 20.8. The van der Waals surface area contributed by atoms with Gasteiger partial charge in [-0.05, 0) is 19.4 Å². The number of amides is 1. The van der Waals surface area contributed by atoms with Gasteiger partial charge in [-0.25, -0.2) is 4.98 Å². The van der Waals surface area contributed by atoms with Gasteiger partial charge >= 0.3 is 0 Å². The Bertz CT molecular complexity index is 428. The highest BCUT2D eigenvalue weighted by Gasteiger charge is 2.29. The third-order valence-electron chi connectivity index (χ3n) is 3.89. The lowest BCUT2D eigenvalue weighted by atomic mass is 10.0. The standard InChI is InChI=1S/C13H20N4OS.ClH/c18-13-8-14-3-6-17(13)11-2-1-5-16(9-11)10-12-15-4-7-19-12;/h4,7,11,14H,1-3,5-6,8-10H2;1H. The molecule has 1 atom stereocenters. The Morgan fingerprint density at radius 3 is 3.10 bits per heavy atom. The minimum absolute atomic E-state index is 0. The molecule has 0 aromatic carbocycles. The topological polar surface area (TPSA) is 48.5 Å². The van der Waals surface area contributed by atoms with Crippen molar-refractivity contribution in [2.24, 2.45) is 0 Å². The summed E-state index contributed by atoms with van der Waals surface area (Å²) in [5, 5.41) is 6.34. The first-order chi connectivity index (χ1) is 9.33. The smallest absolute Gasteiger partial charge is 0.236 e. The van der Waals surface area contributed by atoms with Crippen LogP contribution in [0.1, 0.15) is 17.8 Å². The molecule has 5 nitrogen and oxygen atoms in total. The number of carbonyl (C=O) groups is 1. The molecule has 0 saturated carbocycles. The van der Waals surface area contributed by atoms with E-state index in [0.717, 1.165) is 39.1 Å². The molecule has 3 heterocycles. The minimum atomic E-state index is 0. The molecule has 3 rings (SSSR count). The van der Waals surface area contributed by atoms with Gasteiger partial charge in [-0.1, -0.05) is 0 Å². The Morgan fingerprint density at radius 2 is 2.35 bits per heavy atom. The van der Waals surface area contributed by atoms with E-state index in [-0.39, 0.29) is 18.3 Å². The first-order valence-electron chi connectivity index (χ1n) is 6.94. The molecule has 1 aromatic rings. The molecule has 1 unspecified atom stereocenters. The summed E-state index contributed by atoms with van der Waals surface area (Å²) in [6.07, 6.45) is 4.18. The van der Waals surface area contributed by atoms with Gasteiger partial charge in [-0.2, -0.15) is 0 Å². The number of thiazole rings is 1. The molecule has 112 valence electrons. The fraction of sp³-hybridized carbons (Fsp3) is 0.692. The van der Waals surface area contributed by atoms with Crippen molar-refractivity contribution in [1.29, 1.82) is 0 Å². The van der Waals surface area contributed by atoms with Crippen LogP contribution in [0.5, 0.6) is 0 Å². The predicted molar refractivity (Wildman–Crippen MR) is 82.2 cm³/mol. The van der Waals surface area contributed by atoms with Gasteiger partial charge in [0.1, 0.15) is 5.01 Å². The zero-order valence-electron chi connectivity index (χ0n) is 11.5. The van der Waals surface area contributed by atoms with Crippen LogP contribution in [0.2, 0.25) is 0 Å². The van der Waals surface area contributed by atoms with Crippen LogP contribution in [0, 0.1) is 0 Å². The van der Waals surface area contributed by atoms with Gasteiger partial charge in [-0.15, -0.1) is 23.7 Å². The summed E-state index contributed by atoms with van der Waals surface area (Å²) in [5.41, 5.74) is 0. The van der Waals surface area contributed by atoms with Gasteiger partial charge in [0.2, 0.25) is 5.91 Å². The highest BCUT2D eigenvalue weighted by atomic mass is 35.5. The number of hydrogen-bond acceptors (Lipinski definition) is 5. The van der Waals surface area contributed by atoms with Gasteiger partial charge in [0.25, 0.3) is 0 Å². The fourth-order valence-corrected chi connectivity index (χ4v) is 3.62. The molecule has 1 aromatic heterocycles. The summed E-state index contributed by atoms with van der Waals surface area (Å²) in [7, 11) is 0. The van der Waals surface area contributed by atoms with Gasteiger partial charge in [0, 0.05) is 37.3 Å². The Kier molecular flexibility index (Phi) is 5.77. The second-order valence-electron chi connectivity index (χ2n) is 5.22. The van der Waals surface area contributed by atoms with Crippen molar-refractivity contribution in [1.82, 2.24) is 20.1 Å². The first-order valence-corrected chi connectivity index (χ1v) is 7.82. The minimum Gasteiger partial charge on any atom is -0.336 e. The number of halogens is 1. The summed E-state index contributed by atoms with van der Waals surface area (Å²) in [6.45, 7) is 5.32. The Labute approximate surface area is 129 Å². The van der Waals surface area contributed by atoms with Crippen molar-refractivity contribution in [2.75, 3.05) is 32.7 Å². The van der Waals surface area contributed by atoms with Crippen LogP contribution >= 0.6 is 23.7 Å². The zero-order valence-corrected chi connectivity index (χ0v) is 13.1. The van der Waals surface area contributed by atoms with E-state index in [0.29, 0.717) is 12.6 Å². The maximum Gasteiger partial charge on any atom is 0.236 e. The molecule has 0 aliphatic carbocycles. The third kappa shape index (κ3) is 3.69. The monoisotopic (exact) mass is 316 g/mol. The van der Waals surface area contributed by atoms with Crippen LogP contribution in [0.15, 0.2) is 11.6 Å². The van der Waals surface area contributed by atoms with E-state index in [9.17, 15) is 4.79 Å². The normalized spacial score (nSPS) is 24.5. The second kappa shape index (κ2) is 7.36. The molecule has 20 heavy (non-hydrogen) atoms. The van der Waals surface area contributed by atoms with E-state index in [1.165, 1.54) is 11.4 Å². The lowest BCUT2D eigenvalue weighted by Crippen LogP contribution is -2.56. The van der Waals surface area contributed by atoms with Crippen molar-refractivity contribution in [3.8, 4) is 0 Å². The van der Waals surface area contributed by atoms with Crippen LogP contribution in [0.3, 0.4) is 0 Å². The number of piperidine rings is 1. The van der Waals surface area contributed by atoms with Crippen molar-refractivity contribution in [3.05, 3.63) is 16.6 Å². The molecule has 2 fully saturated rings. The van der Waals surface area contributed by atoms with Crippen LogP contribution in [-0.2, 0) is 11.3 Å². The maximum atomic E-state index is 12.0. The fourth-order valence-electron chi connectivity index (χ4n) is 2.96. The van der Waals surface area contributed by atoms with Crippen LogP contribution in [-0.4, -0.2) is 59.5 Å². The highest BCUT2D eigenvalue weighted by molar-refractivity contribution is 7.09. The number of aromatic nitrogens is 1. The predicted octanol–water partition coefficient (Wildman–Crippen LogP) is 0.961. The number of piperazine rings is 1. The van der Waals surface area contributed by atoms with E-state index in [2.05, 4.69) is 20.1 Å². The van der Waals surface area contributed by atoms with E-state index >= 15 is 0 Å². The lowest BCUT2D eigenvalue weighted by Gasteiger charge is -2.40. The number of carbonyl (C=O) groups excluding carboxylic acids is 1. The number of nitrogens with zero attached hydrogens (tertiary/aromatic N) is 3. The van der Waals surface area contributed by atoms with Crippen LogP contribution in [0.25, 0.3) is 0 Å². The lowest BCUT2D eigenvalue weighted by molar-refractivity contribution is -0.135. The van der Waals surface area contributed by atoms with E-state index < -0.39 is 0 Å². The Morgan fingerprint density at radius 1 is 1.45 bits per heavy atom. The van der Waals surface area contributed by atoms with Crippen molar-refractivity contribution >= 4 is 29.7 Å². The van der Waals surface area contributed by atoms with Crippen LogP contribution in [0.4, 0.5) is 0 Å².